The van der Waals surface area contributed by atoms with Gasteiger partial charge in [0.2, 0.25) is 10.0 Å². The van der Waals surface area contributed by atoms with Crippen LogP contribution in [0.5, 0.6) is 5.75 Å². The zero-order chi connectivity index (χ0) is 12.9. The SMILES string of the molecule is NS(=O)(=O)CCCCOc1cc(Cl)ccc1Cl. The summed E-state index contributed by atoms with van der Waals surface area (Å²) in [4.78, 5) is 0. The summed E-state index contributed by atoms with van der Waals surface area (Å²) in [5, 5.41) is 5.87. The van der Waals surface area contributed by atoms with E-state index in [1.165, 1.54) is 0 Å². The van der Waals surface area contributed by atoms with Crippen molar-refractivity contribution in [1.29, 1.82) is 0 Å². The maximum Gasteiger partial charge on any atom is 0.209 e. The second-order valence-electron chi connectivity index (χ2n) is 3.50. The normalized spacial score (nSPS) is 11.5. The Labute approximate surface area is 111 Å². The first-order valence-electron chi connectivity index (χ1n) is 4.97. The van der Waals surface area contributed by atoms with E-state index in [9.17, 15) is 8.42 Å². The van der Waals surface area contributed by atoms with Crippen molar-refractivity contribution in [2.24, 2.45) is 5.14 Å². The number of unbranched alkanes of at least 4 members (excludes halogenated alkanes) is 1. The monoisotopic (exact) mass is 297 g/mol. The highest BCUT2D eigenvalue weighted by atomic mass is 35.5. The highest BCUT2D eigenvalue weighted by molar-refractivity contribution is 7.89. The summed E-state index contributed by atoms with van der Waals surface area (Å²) >= 11 is 11.7. The quantitative estimate of drug-likeness (QED) is 0.820. The first-order valence-corrected chi connectivity index (χ1v) is 7.44. The van der Waals surface area contributed by atoms with Crippen LogP contribution in [0, 0.1) is 0 Å². The molecule has 1 aromatic carbocycles. The fraction of sp³-hybridized carbons (Fsp3) is 0.400. The molecule has 0 amide bonds. The number of ether oxygens (including phenoxy) is 1. The summed E-state index contributed by atoms with van der Waals surface area (Å²) in [6.07, 6.45) is 1.04. The molecule has 4 nitrogen and oxygen atoms in total. The van der Waals surface area contributed by atoms with Crippen molar-refractivity contribution in [1.82, 2.24) is 0 Å². The summed E-state index contributed by atoms with van der Waals surface area (Å²) in [6.45, 7) is 0.371. The minimum absolute atomic E-state index is 0.0420. The topological polar surface area (TPSA) is 69.4 Å². The molecule has 0 heterocycles. The summed E-state index contributed by atoms with van der Waals surface area (Å²) in [5.74, 6) is 0.453. The van der Waals surface area contributed by atoms with Crippen LogP contribution in [-0.4, -0.2) is 20.8 Å². The lowest BCUT2D eigenvalue weighted by atomic mass is 10.3. The number of hydrogen-bond donors (Lipinski definition) is 1. The molecule has 1 aromatic rings. The Hall–Kier alpha value is -0.490. The van der Waals surface area contributed by atoms with Gasteiger partial charge in [-0.25, -0.2) is 13.6 Å². The standard InChI is InChI=1S/C10H13Cl2NO3S/c11-8-3-4-9(12)10(7-8)16-5-1-2-6-17(13,14)15/h3-4,7H,1-2,5-6H2,(H2,13,14,15). The molecule has 0 unspecified atom stereocenters. The molecule has 0 fully saturated rings. The summed E-state index contributed by atoms with van der Waals surface area (Å²) < 4.78 is 26.7. The molecule has 0 aromatic heterocycles. The van der Waals surface area contributed by atoms with E-state index in [0.29, 0.717) is 35.2 Å². The molecular formula is C10H13Cl2NO3S. The van der Waals surface area contributed by atoms with Gasteiger partial charge in [-0.1, -0.05) is 23.2 Å². The maximum absolute atomic E-state index is 10.7. The molecule has 0 saturated heterocycles. The van der Waals surface area contributed by atoms with Gasteiger partial charge in [-0.3, -0.25) is 0 Å². The molecule has 1 rings (SSSR count). The lowest BCUT2D eigenvalue weighted by molar-refractivity contribution is 0.310. The van der Waals surface area contributed by atoms with Gasteiger partial charge in [0.1, 0.15) is 5.75 Å². The molecule has 0 spiro atoms. The number of sulfonamides is 1. The smallest absolute Gasteiger partial charge is 0.209 e. The van der Waals surface area contributed by atoms with Crippen LogP contribution in [0.4, 0.5) is 0 Å². The summed E-state index contributed by atoms with van der Waals surface area (Å²) in [6, 6.07) is 4.92. The Kier molecular flexibility index (Phi) is 5.52. The van der Waals surface area contributed by atoms with Crippen molar-refractivity contribution in [2.45, 2.75) is 12.8 Å². The third-order valence-electron chi connectivity index (χ3n) is 1.97. The average Bonchev–Trinajstić information content (AvgIpc) is 2.21. The fourth-order valence-electron chi connectivity index (χ4n) is 1.18. The van der Waals surface area contributed by atoms with Gasteiger partial charge in [-0.15, -0.1) is 0 Å². The number of rotatable bonds is 6. The van der Waals surface area contributed by atoms with Crippen LogP contribution in [0.3, 0.4) is 0 Å². The molecule has 96 valence electrons. The lowest BCUT2D eigenvalue weighted by Crippen LogP contribution is -2.16. The van der Waals surface area contributed by atoms with Crippen molar-refractivity contribution < 1.29 is 13.2 Å². The van der Waals surface area contributed by atoms with E-state index in [4.69, 9.17) is 33.1 Å². The maximum atomic E-state index is 10.7. The van der Waals surface area contributed by atoms with Gasteiger partial charge in [0.15, 0.2) is 0 Å². The molecule has 7 heteroatoms. The number of primary sulfonamides is 1. The molecule has 0 bridgehead atoms. The van der Waals surface area contributed by atoms with Crippen LogP contribution in [0.1, 0.15) is 12.8 Å². The minimum Gasteiger partial charge on any atom is -0.492 e. The van der Waals surface area contributed by atoms with Gasteiger partial charge in [0, 0.05) is 11.1 Å². The van der Waals surface area contributed by atoms with Crippen LogP contribution in [0.25, 0.3) is 0 Å². The van der Waals surface area contributed by atoms with Crippen molar-refractivity contribution >= 4 is 33.2 Å². The van der Waals surface area contributed by atoms with Crippen LogP contribution in [0.15, 0.2) is 18.2 Å². The van der Waals surface area contributed by atoms with E-state index in [2.05, 4.69) is 0 Å². The molecule has 0 aliphatic heterocycles. The Morgan fingerprint density at radius 2 is 1.94 bits per heavy atom. The first-order chi connectivity index (χ1) is 7.88. The molecule has 0 atom stereocenters. The molecular weight excluding hydrogens is 285 g/mol. The minimum atomic E-state index is -3.39. The summed E-state index contributed by atoms with van der Waals surface area (Å²) in [7, 11) is -3.39. The zero-order valence-electron chi connectivity index (χ0n) is 9.03. The van der Waals surface area contributed by atoms with Gasteiger partial charge in [-0.05, 0) is 25.0 Å². The highest BCUT2D eigenvalue weighted by Crippen LogP contribution is 2.27. The third-order valence-corrected chi connectivity index (χ3v) is 3.38. The molecule has 0 aliphatic carbocycles. The molecule has 0 radical (unpaired) electrons. The largest absolute Gasteiger partial charge is 0.492 e. The predicted octanol–water partition coefficient (Wildman–Crippen LogP) is 2.44. The molecule has 0 aliphatic rings. The fourth-order valence-corrected chi connectivity index (χ4v) is 2.12. The van der Waals surface area contributed by atoms with E-state index >= 15 is 0 Å². The third kappa shape index (κ3) is 6.12. The van der Waals surface area contributed by atoms with E-state index in [1.807, 2.05) is 0 Å². The second kappa shape index (κ2) is 6.44. The number of halogens is 2. The number of hydrogen-bond acceptors (Lipinski definition) is 3. The van der Waals surface area contributed by atoms with Crippen LogP contribution in [0.2, 0.25) is 10.0 Å². The van der Waals surface area contributed by atoms with Gasteiger partial charge in [0.25, 0.3) is 0 Å². The molecule has 17 heavy (non-hydrogen) atoms. The zero-order valence-corrected chi connectivity index (χ0v) is 11.4. The van der Waals surface area contributed by atoms with Gasteiger partial charge in [0.05, 0.1) is 17.4 Å². The first kappa shape index (κ1) is 14.6. The predicted molar refractivity (Wildman–Crippen MR) is 69.2 cm³/mol. The van der Waals surface area contributed by atoms with Crippen LogP contribution in [-0.2, 0) is 10.0 Å². The van der Waals surface area contributed by atoms with Gasteiger partial charge < -0.3 is 4.74 Å². The Bertz CT molecular complexity index is 476. The number of benzene rings is 1. The van der Waals surface area contributed by atoms with E-state index < -0.39 is 10.0 Å². The van der Waals surface area contributed by atoms with Crippen molar-refractivity contribution in [2.75, 3.05) is 12.4 Å². The average molecular weight is 298 g/mol. The van der Waals surface area contributed by atoms with Crippen molar-refractivity contribution in [3.05, 3.63) is 28.2 Å². The Morgan fingerprint density at radius 1 is 1.24 bits per heavy atom. The molecule has 2 N–H and O–H groups in total. The number of nitrogens with two attached hydrogens (primary N) is 1. The lowest BCUT2D eigenvalue weighted by Gasteiger charge is -2.07. The summed E-state index contributed by atoms with van der Waals surface area (Å²) in [5.41, 5.74) is 0. The second-order valence-corrected chi connectivity index (χ2v) is 6.07. The van der Waals surface area contributed by atoms with Crippen molar-refractivity contribution in [3.8, 4) is 5.75 Å². The molecule has 0 saturated carbocycles. The van der Waals surface area contributed by atoms with Gasteiger partial charge in [-0.2, -0.15) is 0 Å². The van der Waals surface area contributed by atoms with Crippen molar-refractivity contribution in [3.63, 3.8) is 0 Å². The van der Waals surface area contributed by atoms with Gasteiger partial charge >= 0.3 is 0 Å². The van der Waals surface area contributed by atoms with Crippen LogP contribution < -0.4 is 9.88 Å². The van der Waals surface area contributed by atoms with E-state index in [-0.39, 0.29) is 5.75 Å². The Morgan fingerprint density at radius 3 is 2.59 bits per heavy atom. The van der Waals surface area contributed by atoms with E-state index in [1.54, 1.807) is 18.2 Å². The highest BCUT2D eigenvalue weighted by Gasteiger charge is 2.04. The Balaban J connectivity index is 2.34. The van der Waals surface area contributed by atoms with Crippen LogP contribution >= 0.6 is 23.2 Å². The van der Waals surface area contributed by atoms with E-state index in [0.717, 1.165) is 0 Å².